The first-order valence-corrected chi connectivity index (χ1v) is 10.4. The quantitative estimate of drug-likeness (QED) is 0.464. The topological polar surface area (TPSA) is 76.1 Å². The number of hydrogen-bond acceptors (Lipinski definition) is 5. The van der Waals surface area contributed by atoms with E-state index in [2.05, 4.69) is 0 Å². The molecule has 3 heterocycles. The molecule has 5 rings (SSSR count). The summed E-state index contributed by atoms with van der Waals surface area (Å²) >= 11 is 0. The van der Waals surface area contributed by atoms with Crippen LogP contribution >= 0.6 is 0 Å². The summed E-state index contributed by atoms with van der Waals surface area (Å²) in [4.78, 5) is 27.4. The van der Waals surface area contributed by atoms with Crippen molar-refractivity contribution in [3.8, 4) is 5.75 Å². The van der Waals surface area contributed by atoms with Crippen molar-refractivity contribution in [2.24, 2.45) is 0 Å². The number of ether oxygens (including phenoxy) is 2. The van der Waals surface area contributed by atoms with Crippen molar-refractivity contribution in [3.05, 3.63) is 70.5 Å². The first kappa shape index (κ1) is 19.8. The van der Waals surface area contributed by atoms with Crippen LogP contribution < -0.4 is 4.74 Å². The summed E-state index contributed by atoms with van der Waals surface area (Å²) < 4.78 is 24.7. The predicted molar refractivity (Wildman–Crippen MR) is 110 cm³/mol. The molecule has 0 aliphatic carbocycles. The summed E-state index contributed by atoms with van der Waals surface area (Å²) in [6.45, 7) is 1.43. The van der Waals surface area contributed by atoms with Crippen molar-refractivity contribution in [3.63, 3.8) is 0 Å². The lowest BCUT2D eigenvalue weighted by atomic mass is 9.94. The highest BCUT2D eigenvalue weighted by molar-refractivity contribution is 6.46. The molecule has 2 aromatic rings. The van der Waals surface area contributed by atoms with Crippen molar-refractivity contribution < 1.29 is 28.6 Å². The standard InChI is InChI=1S/C24H22FNO5/c25-17-6-3-14(4-7-17)21-20(22(27)16-5-8-19-15(12-16)9-11-31-19)23(28)24(29)26(21)13-18-2-1-10-30-18/h3-8,12,18,21,27H,1-2,9-11,13H2/b22-20-. The zero-order valence-corrected chi connectivity index (χ0v) is 16.8. The second-order valence-electron chi connectivity index (χ2n) is 8.06. The number of fused-ring (bicyclic) bond motifs is 1. The summed E-state index contributed by atoms with van der Waals surface area (Å²) in [5, 5.41) is 11.1. The Morgan fingerprint density at radius 3 is 2.68 bits per heavy atom. The lowest BCUT2D eigenvalue weighted by molar-refractivity contribution is -0.140. The van der Waals surface area contributed by atoms with E-state index in [1.807, 2.05) is 0 Å². The van der Waals surface area contributed by atoms with Gasteiger partial charge in [-0.05, 0) is 54.3 Å². The molecular formula is C24H22FNO5. The van der Waals surface area contributed by atoms with E-state index in [1.54, 1.807) is 18.2 Å². The second kappa shape index (κ2) is 7.81. The smallest absolute Gasteiger partial charge is 0.295 e. The van der Waals surface area contributed by atoms with Crippen LogP contribution in [0.2, 0.25) is 0 Å². The molecule has 0 spiro atoms. The minimum Gasteiger partial charge on any atom is -0.507 e. The minimum atomic E-state index is -0.811. The van der Waals surface area contributed by atoms with Gasteiger partial charge in [-0.15, -0.1) is 0 Å². The van der Waals surface area contributed by atoms with Gasteiger partial charge in [0.1, 0.15) is 17.3 Å². The first-order valence-electron chi connectivity index (χ1n) is 10.4. The maximum absolute atomic E-state index is 13.6. The number of Topliss-reactive ketones (excluding diaryl/α,β-unsaturated/α-hetero) is 1. The van der Waals surface area contributed by atoms with Crippen molar-refractivity contribution in [1.82, 2.24) is 4.90 Å². The van der Waals surface area contributed by atoms with Crippen molar-refractivity contribution in [1.29, 1.82) is 0 Å². The van der Waals surface area contributed by atoms with Gasteiger partial charge in [0.05, 0.1) is 24.3 Å². The molecule has 3 aliphatic rings. The number of benzene rings is 2. The van der Waals surface area contributed by atoms with Crippen LogP contribution in [-0.4, -0.2) is 47.6 Å². The molecule has 2 fully saturated rings. The monoisotopic (exact) mass is 423 g/mol. The lowest BCUT2D eigenvalue weighted by Crippen LogP contribution is -2.36. The van der Waals surface area contributed by atoms with Gasteiger partial charge in [-0.25, -0.2) is 4.39 Å². The third-order valence-electron chi connectivity index (χ3n) is 6.11. The summed E-state index contributed by atoms with van der Waals surface area (Å²) in [5.74, 6) is -1.33. The summed E-state index contributed by atoms with van der Waals surface area (Å²) in [6.07, 6.45) is 2.24. The molecular weight excluding hydrogens is 401 g/mol. The fraction of sp³-hybridized carbons (Fsp3) is 0.333. The van der Waals surface area contributed by atoms with Crippen molar-refractivity contribution in [2.75, 3.05) is 19.8 Å². The van der Waals surface area contributed by atoms with Gasteiger partial charge in [-0.2, -0.15) is 0 Å². The normalized spacial score (nSPS) is 24.5. The molecule has 1 N–H and O–H groups in total. The van der Waals surface area contributed by atoms with Crippen LogP contribution in [0.25, 0.3) is 5.76 Å². The van der Waals surface area contributed by atoms with Gasteiger partial charge in [0.25, 0.3) is 11.7 Å². The van der Waals surface area contributed by atoms with Crippen LogP contribution in [0.15, 0.2) is 48.0 Å². The molecule has 0 bridgehead atoms. The maximum atomic E-state index is 13.6. The number of likely N-dealkylation sites (tertiary alicyclic amines) is 1. The number of amides is 1. The van der Waals surface area contributed by atoms with Gasteiger partial charge in [0.2, 0.25) is 0 Å². The van der Waals surface area contributed by atoms with Crippen molar-refractivity contribution in [2.45, 2.75) is 31.4 Å². The number of rotatable bonds is 4. The molecule has 160 valence electrons. The van der Waals surface area contributed by atoms with Gasteiger partial charge in [0.15, 0.2) is 0 Å². The molecule has 2 unspecified atom stereocenters. The van der Waals surface area contributed by atoms with Crippen LogP contribution in [0.1, 0.15) is 35.6 Å². The van der Waals surface area contributed by atoms with E-state index in [4.69, 9.17) is 9.47 Å². The highest BCUT2D eigenvalue weighted by atomic mass is 19.1. The molecule has 7 heteroatoms. The average molecular weight is 423 g/mol. The third kappa shape index (κ3) is 3.49. The van der Waals surface area contributed by atoms with Gasteiger partial charge in [0, 0.05) is 25.1 Å². The predicted octanol–water partition coefficient (Wildman–Crippen LogP) is 3.36. The molecule has 0 saturated carbocycles. The summed E-state index contributed by atoms with van der Waals surface area (Å²) in [5.41, 5.74) is 1.96. The van der Waals surface area contributed by atoms with E-state index in [0.29, 0.717) is 30.8 Å². The SMILES string of the molecule is O=C1C(=O)N(CC2CCCO2)C(c2ccc(F)cc2)/C1=C(/O)c1ccc2c(c1)CCO2. The van der Waals surface area contributed by atoms with Gasteiger partial charge in [-0.3, -0.25) is 9.59 Å². The second-order valence-corrected chi connectivity index (χ2v) is 8.06. The number of carbonyl (C=O) groups excluding carboxylic acids is 2. The highest BCUT2D eigenvalue weighted by Gasteiger charge is 2.47. The Balaban J connectivity index is 1.60. The van der Waals surface area contributed by atoms with Gasteiger partial charge >= 0.3 is 0 Å². The van der Waals surface area contributed by atoms with Gasteiger partial charge in [-0.1, -0.05) is 12.1 Å². The van der Waals surface area contributed by atoms with E-state index in [-0.39, 0.29) is 24.0 Å². The van der Waals surface area contributed by atoms with Crippen LogP contribution in [0.3, 0.4) is 0 Å². The molecule has 2 atom stereocenters. The molecule has 1 amide bonds. The number of halogens is 1. The number of aliphatic hydroxyl groups is 1. The van der Waals surface area contributed by atoms with Crippen molar-refractivity contribution >= 4 is 17.4 Å². The van der Waals surface area contributed by atoms with Crippen LogP contribution in [0.5, 0.6) is 5.75 Å². The Kier molecular flexibility index (Phi) is 4.98. The lowest BCUT2D eigenvalue weighted by Gasteiger charge is -2.27. The summed E-state index contributed by atoms with van der Waals surface area (Å²) in [7, 11) is 0. The largest absolute Gasteiger partial charge is 0.507 e. The Labute approximate surface area is 178 Å². The zero-order chi connectivity index (χ0) is 21.5. The van der Waals surface area contributed by atoms with E-state index in [1.165, 1.54) is 29.2 Å². The van der Waals surface area contributed by atoms with Crippen LogP contribution in [0.4, 0.5) is 4.39 Å². The number of hydrogen-bond donors (Lipinski definition) is 1. The number of carbonyl (C=O) groups is 2. The number of ketones is 1. The molecule has 6 nitrogen and oxygen atoms in total. The molecule has 2 saturated heterocycles. The fourth-order valence-electron chi connectivity index (χ4n) is 4.56. The average Bonchev–Trinajstić information content (AvgIpc) is 3.51. The van der Waals surface area contributed by atoms with Gasteiger partial charge < -0.3 is 19.5 Å². The van der Waals surface area contributed by atoms with E-state index >= 15 is 0 Å². The molecule has 3 aliphatic heterocycles. The Morgan fingerprint density at radius 2 is 1.94 bits per heavy atom. The maximum Gasteiger partial charge on any atom is 0.295 e. The first-order chi connectivity index (χ1) is 15.0. The van der Waals surface area contributed by atoms with E-state index < -0.39 is 23.5 Å². The van der Waals surface area contributed by atoms with E-state index in [9.17, 15) is 19.1 Å². The van der Waals surface area contributed by atoms with E-state index in [0.717, 1.165) is 24.2 Å². The molecule has 0 radical (unpaired) electrons. The van der Waals surface area contributed by atoms with Crippen LogP contribution in [0, 0.1) is 5.82 Å². The molecule has 2 aromatic carbocycles. The Bertz CT molecular complexity index is 1070. The minimum absolute atomic E-state index is 0.00784. The highest BCUT2D eigenvalue weighted by Crippen LogP contribution is 2.40. The Hall–Kier alpha value is -3.19. The fourth-order valence-corrected chi connectivity index (χ4v) is 4.56. The summed E-state index contributed by atoms with van der Waals surface area (Å²) in [6, 6.07) is 10.1. The van der Waals surface area contributed by atoms with Crippen LogP contribution in [-0.2, 0) is 20.7 Å². The third-order valence-corrected chi connectivity index (χ3v) is 6.11. The molecule has 31 heavy (non-hydrogen) atoms. The number of aliphatic hydroxyl groups excluding tert-OH is 1. The molecule has 0 aromatic heterocycles. The zero-order valence-electron chi connectivity index (χ0n) is 16.8. The Morgan fingerprint density at radius 1 is 1.13 bits per heavy atom. The number of nitrogens with zero attached hydrogens (tertiary/aromatic N) is 1.